The summed E-state index contributed by atoms with van der Waals surface area (Å²) in [7, 11) is 0. The molecule has 0 aliphatic heterocycles. The van der Waals surface area contributed by atoms with Gasteiger partial charge >= 0.3 is 11.9 Å². The van der Waals surface area contributed by atoms with Crippen molar-refractivity contribution in [1.29, 1.82) is 0 Å². The zero-order chi connectivity index (χ0) is 38.1. The van der Waals surface area contributed by atoms with Gasteiger partial charge in [0.1, 0.15) is 30.2 Å². The zero-order valence-electron chi connectivity index (χ0n) is 27.3. The number of aliphatic hydroxyl groups is 1. The van der Waals surface area contributed by atoms with Crippen LogP contribution in [0.2, 0.25) is 0 Å². The molecule has 51 heavy (non-hydrogen) atoms. The zero-order valence-corrected chi connectivity index (χ0v) is 28.1. The number of thioether (sulfide) groups is 1. The normalized spacial score (nSPS) is 14.4. The van der Waals surface area contributed by atoms with E-state index >= 15 is 0 Å². The molecular weight excluding hydrogens is 698 g/mol. The van der Waals surface area contributed by atoms with Crippen molar-refractivity contribution in [3.8, 4) is 0 Å². The van der Waals surface area contributed by atoms with Crippen molar-refractivity contribution in [2.45, 2.75) is 68.4 Å². The molecule has 0 bridgehead atoms. The minimum atomic E-state index is -1.88. The van der Waals surface area contributed by atoms with Crippen LogP contribution < -0.4 is 38.1 Å². The van der Waals surface area contributed by atoms with E-state index in [9.17, 15) is 48.6 Å². The van der Waals surface area contributed by atoms with E-state index in [1.165, 1.54) is 36.8 Å². The number of carbonyl (C=O) groups is 8. The van der Waals surface area contributed by atoms with E-state index in [-0.39, 0.29) is 18.5 Å². The van der Waals surface area contributed by atoms with Gasteiger partial charge in [0.05, 0.1) is 38.1 Å². The molecule has 0 aliphatic rings. The number of carboxylic acid groups (broad SMARTS) is 2. The molecule has 0 unspecified atom stereocenters. The number of nitrogens with zero attached hydrogens (tertiary/aromatic N) is 2. The predicted octanol–water partition coefficient (Wildman–Crippen LogP) is -5.15. The van der Waals surface area contributed by atoms with Gasteiger partial charge in [0.25, 0.3) is 0 Å². The number of carboxylic acids is 2. The average Bonchev–Trinajstić information content (AvgIpc) is 3.78. The van der Waals surface area contributed by atoms with Gasteiger partial charge in [0, 0.05) is 36.6 Å². The molecule has 0 aromatic carbocycles. The molecule has 22 nitrogen and oxygen atoms in total. The fourth-order valence-electron chi connectivity index (χ4n) is 4.37. The second kappa shape index (κ2) is 20.8. The maximum absolute atomic E-state index is 13.4. The van der Waals surface area contributed by atoms with Crippen LogP contribution in [0.15, 0.2) is 25.0 Å². The highest BCUT2D eigenvalue weighted by Gasteiger charge is 2.34. The Hall–Kier alpha value is -5.55. The van der Waals surface area contributed by atoms with Gasteiger partial charge in [0.15, 0.2) is 0 Å². The summed E-state index contributed by atoms with van der Waals surface area (Å²) < 4.78 is 0. The van der Waals surface area contributed by atoms with E-state index in [1.54, 1.807) is 0 Å². The first-order valence-corrected chi connectivity index (χ1v) is 16.6. The Balaban J connectivity index is 2.24. The first kappa shape index (κ1) is 41.6. The summed E-state index contributed by atoms with van der Waals surface area (Å²) in [6.45, 7) is -1.01. The number of primary amides is 1. The maximum Gasteiger partial charge on any atom is 0.326 e. The van der Waals surface area contributed by atoms with Crippen molar-refractivity contribution in [3.05, 3.63) is 36.4 Å². The Bertz CT molecular complexity index is 1510. The topological polar surface area (TPSA) is 367 Å². The molecule has 6 atom stereocenters. The second-order valence-corrected chi connectivity index (χ2v) is 12.0. The number of H-pyrrole nitrogens is 2. The lowest BCUT2D eigenvalue weighted by atomic mass is 10.1. The van der Waals surface area contributed by atoms with Crippen LogP contribution >= 0.6 is 11.8 Å². The number of amides is 6. The molecule has 2 aromatic rings. The summed E-state index contributed by atoms with van der Waals surface area (Å²) in [5, 5.41) is 39.6. The van der Waals surface area contributed by atoms with Crippen LogP contribution in [0, 0.1) is 0 Å². The van der Waals surface area contributed by atoms with E-state index in [0.29, 0.717) is 17.9 Å². The molecule has 2 rings (SSSR count). The second-order valence-electron chi connectivity index (χ2n) is 11.0. The smallest absolute Gasteiger partial charge is 0.326 e. The number of carbonyl (C=O) groups excluding carboxylic acids is 6. The van der Waals surface area contributed by atoms with Gasteiger partial charge in [-0.25, -0.2) is 14.8 Å². The molecule has 6 amide bonds. The third-order valence-corrected chi connectivity index (χ3v) is 7.68. The fraction of sp³-hybridized carbons (Fsp3) is 0.500. The maximum atomic E-state index is 13.4. The quantitative estimate of drug-likeness (QED) is 0.0507. The van der Waals surface area contributed by atoms with E-state index < -0.39 is 103 Å². The summed E-state index contributed by atoms with van der Waals surface area (Å²) in [5.74, 6) is -8.76. The molecule has 2 aromatic heterocycles. The van der Waals surface area contributed by atoms with Crippen molar-refractivity contribution in [3.63, 3.8) is 0 Å². The number of imidazole rings is 2. The lowest BCUT2D eigenvalue weighted by Gasteiger charge is -2.26. The molecular formula is C28H41N11O11S. The third kappa shape index (κ3) is 14.5. The number of hydrogen-bond acceptors (Lipinski definition) is 13. The highest BCUT2D eigenvalue weighted by Crippen LogP contribution is 2.06. The largest absolute Gasteiger partial charge is 0.481 e. The summed E-state index contributed by atoms with van der Waals surface area (Å²) in [5.41, 5.74) is 11.9. The number of aliphatic hydroxyl groups excluding tert-OH is 1. The summed E-state index contributed by atoms with van der Waals surface area (Å²) in [4.78, 5) is 113. The van der Waals surface area contributed by atoms with Crippen LogP contribution in [0.3, 0.4) is 0 Å². The lowest BCUT2D eigenvalue weighted by molar-refractivity contribution is -0.147. The lowest BCUT2D eigenvalue weighted by Crippen LogP contribution is -2.61. The number of rotatable bonds is 23. The van der Waals surface area contributed by atoms with Gasteiger partial charge in [-0.2, -0.15) is 11.8 Å². The Morgan fingerprint density at radius 1 is 0.725 bits per heavy atom. The Morgan fingerprint density at radius 3 is 1.61 bits per heavy atom. The van der Waals surface area contributed by atoms with Crippen LogP contribution in [-0.2, 0) is 51.2 Å². The monoisotopic (exact) mass is 739 g/mol. The Labute approximate surface area is 294 Å². The molecule has 0 saturated heterocycles. The number of aromatic nitrogens is 4. The minimum absolute atomic E-state index is 0.117. The summed E-state index contributed by atoms with van der Waals surface area (Å²) in [6.07, 6.45) is 5.16. The number of nitrogens with two attached hydrogens (primary N) is 2. The minimum Gasteiger partial charge on any atom is -0.481 e. The SMILES string of the molecule is CSCC[C@H](N)C(=O)N[C@@H](Cc1cnc[nH]1)C(=O)N[C@@H](CO)C(=O)N[C@@H](CC(N)=O)C(=O)N[C@@H](Cc1cnc[nH]1)C(=O)N[C@@H](CC(=O)O)C(=O)O. The number of nitrogens with one attached hydrogen (secondary N) is 7. The molecule has 0 fully saturated rings. The van der Waals surface area contributed by atoms with Gasteiger partial charge in [0.2, 0.25) is 35.4 Å². The van der Waals surface area contributed by atoms with Crippen molar-refractivity contribution >= 4 is 59.1 Å². The third-order valence-electron chi connectivity index (χ3n) is 7.04. The Morgan fingerprint density at radius 2 is 1.18 bits per heavy atom. The van der Waals surface area contributed by atoms with Crippen LogP contribution in [0.25, 0.3) is 0 Å². The van der Waals surface area contributed by atoms with Crippen LogP contribution in [0.5, 0.6) is 0 Å². The van der Waals surface area contributed by atoms with Crippen molar-refractivity contribution in [2.75, 3.05) is 18.6 Å². The van der Waals surface area contributed by atoms with Gasteiger partial charge < -0.3 is 63.3 Å². The highest BCUT2D eigenvalue weighted by atomic mass is 32.2. The molecule has 0 saturated carbocycles. The van der Waals surface area contributed by atoms with E-state index in [2.05, 4.69) is 41.2 Å². The molecule has 0 spiro atoms. The van der Waals surface area contributed by atoms with Crippen LogP contribution in [0.4, 0.5) is 0 Å². The Kier molecular flexibility index (Phi) is 17.0. The summed E-state index contributed by atoms with van der Waals surface area (Å²) >= 11 is 1.46. The summed E-state index contributed by atoms with van der Waals surface area (Å²) in [6, 6.07) is -9.25. The van der Waals surface area contributed by atoms with Gasteiger partial charge in [-0.15, -0.1) is 0 Å². The van der Waals surface area contributed by atoms with Crippen molar-refractivity contribution < 1.29 is 53.7 Å². The first-order valence-electron chi connectivity index (χ1n) is 15.2. The fourth-order valence-corrected chi connectivity index (χ4v) is 4.86. The standard InChI is InChI=1S/C28H41N11O11S/c1-51-3-2-15(29)23(44)35-16(4-13-8-31-11-33-13)25(46)39-20(10-40)27(48)37-18(6-21(30)41)26(47)36-17(5-14-9-32-12-34-14)24(45)38-19(28(49)50)7-22(42)43/h8-9,11-12,15-20,40H,2-7,10,29H2,1H3,(H2,30,41)(H,31,33)(H,32,34)(H,35,44)(H,36,47)(H,37,48)(H,38,45)(H,39,46)(H,42,43)(H,49,50)/t15-,16-,17-,18-,19-,20-/m0/s1. The molecule has 0 aliphatic carbocycles. The van der Waals surface area contributed by atoms with E-state index in [4.69, 9.17) is 16.6 Å². The van der Waals surface area contributed by atoms with Gasteiger partial charge in [-0.1, -0.05) is 0 Å². The van der Waals surface area contributed by atoms with E-state index in [0.717, 1.165) is 0 Å². The van der Waals surface area contributed by atoms with Crippen LogP contribution in [-0.4, -0.2) is 138 Å². The van der Waals surface area contributed by atoms with Crippen molar-refractivity contribution in [1.82, 2.24) is 46.5 Å². The molecule has 23 heteroatoms. The number of hydrogen-bond donors (Lipinski definition) is 12. The number of aromatic amines is 2. The molecule has 0 radical (unpaired) electrons. The number of aliphatic carboxylic acids is 2. The van der Waals surface area contributed by atoms with Gasteiger partial charge in [-0.05, 0) is 18.4 Å². The molecule has 2 heterocycles. The highest BCUT2D eigenvalue weighted by molar-refractivity contribution is 7.98. The molecule has 14 N–H and O–H groups in total. The van der Waals surface area contributed by atoms with Gasteiger partial charge in [-0.3, -0.25) is 33.6 Å². The average molecular weight is 740 g/mol. The predicted molar refractivity (Wildman–Crippen MR) is 176 cm³/mol. The van der Waals surface area contributed by atoms with Crippen molar-refractivity contribution in [2.24, 2.45) is 11.5 Å². The first-order chi connectivity index (χ1) is 24.1. The van der Waals surface area contributed by atoms with Crippen LogP contribution in [0.1, 0.15) is 30.7 Å². The molecule has 280 valence electrons. The van der Waals surface area contributed by atoms with E-state index in [1.807, 2.05) is 11.6 Å².